The molecule has 8 aromatic rings. The number of phenolic OH excluding ortho intramolecular Hbond substituents is 2. The SMILES string of the molecule is CC(=O)CCCCOCCNCCC(C)=O.CCC(COc1ccc(-c2nc(-c3ccc(C)cc3C)nc(-c3ccc(C)c(C)c3C)n2)c(O)c1)OCOC(CC)COc1cc(O)c(-c2nc(-c3ccc(C)cc3C)nc(-c3ccc(C)cc3C)n2)cc1C. The zero-order chi connectivity index (χ0) is 64.3. The van der Waals surface area contributed by atoms with Gasteiger partial charge in [0.1, 0.15) is 54.6 Å². The zero-order valence-corrected chi connectivity index (χ0v) is 54.5. The van der Waals surface area contributed by atoms with Gasteiger partial charge in [0.15, 0.2) is 34.9 Å². The van der Waals surface area contributed by atoms with Crippen molar-refractivity contribution in [3.8, 4) is 91.3 Å². The minimum atomic E-state index is -0.293. The lowest BCUT2D eigenvalue weighted by atomic mass is 9.98. The maximum Gasteiger partial charge on any atom is 0.167 e. The highest BCUT2D eigenvalue weighted by Crippen LogP contribution is 2.38. The Kier molecular flexibility index (Phi) is 25.1. The predicted molar refractivity (Wildman–Crippen MR) is 353 cm³/mol. The Bertz CT molecular complexity index is 3640. The Labute approximate surface area is 525 Å². The minimum Gasteiger partial charge on any atom is -0.507 e. The van der Waals surface area contributed by atoms with E-state index in [0.717, 1.165) is 92.7 Å². The molecule has 6 aromatic carbocycles. The highest BCUT2D eigenvalue weighted by molar-refractivity contribution is 5.77. The van der Waals surface area contributed by atoms with Crippen molar-refractivity contribution < 1.29 is 43.5 Å². The molecule has 8 rings (SSSR count). The zero-order valence-electron chi connectivity index (χ0n) is 54.5. The van der Waals surface area contributed by atoms with Crippen LogP contribution < -0.4 is 14.8 Å². The van der Waals surface area contributed by atoms with Crippen LogP contribution in [-0.4, -0.2) is 110 Å². The maximum atomic E-state index is 11.5. The quantitative estimate of drug-likeness (QED) is 0.0294. The van der Waals surface area contributed by atoms with Crippen LogP contribution in [0.1, 0.15) is 122 Å². The van der Waals surface area contributed by atoms with Crippen molar-refractivity contribution in [2.24, 2.45) is 0 Å². The van der Waals surface area contributed by atoms with Crippen molar-refractivity contribution >= 4 is 11.6 Å². The predicted octanol–water partition coefficient (Wildman–Crippen LogP) is 14.9. The van der Waals surface area contributed by atoms with Crippen molar-refractivity contribution in [2.75, 3.05) is 46.3 Å². The number of hydrogen-bond donors (Lipinski definition) is 3. The monoisotopic (exact) mass is 1210 g/mol. The van der Waals surface area contributed by atoms with Crippen molar-refractivity contribution in [2.45, 2.75) is 148 Å². The number of rotatable bonds is 29. The van der Waals surface area contributed by atoms with E-state index < -0.39 is 0 Å². The van der Waals surface area contributed by atoms with E-state index in [9.17, 15) is 19.8 Å². The smallest absolute Gasteiger partial charge is 0.167 e. The lowest BCUT2D eigenvalue weighted by Crippen LogP contribution is -2.27. The van der Waals surface area contributed by atoms with E-state index in [1.807, 2.05) is 90.1 Å². The first kappa shape index (κ1) is 68.2. The fourth-order valence-corrected chi connectivity index (χ4v) is 10.1. The summed E-state index contributed by atoms with van der Waals surface area (Å²) in [6, 6.07) is 31.3. The second kappa shape index (κ2) is 32.8. The molecule has 0 radical (unpaired) electrons. The van der Waals surface area contributed by atoms with Gasteiger partial charge in [-0.2, -0.15) is 0 Å². The Hall–Kier alpha value is -8.28. The standard InChI is InChI=1S/C61H66N6O6.C12H23NO3/c1-13-44(31-70-46-19-24-51(53(68)29-46)60-64-58(49-22-17-36(5)27-40(49)9)63-59(67-60)50-23-18-37(6)42(11)43(50)12)72-33-73-45(14-2)32-71-55-30-54(69)52(28-41(55)10)61-65-56(47-20-15-34(3)25-38(47)7)62-57(66-61)48-21-16-35(4)26-39(48)8;1-11(14)5-3-4-9-16-10-8-13-7-6-12(2)15/h15-30,44-45,68-69H,13-14,31-33H2,1-12H3;13H,3-10H2,1-2H3. The van der Waals surface area contributed by atoms with Crippen LogP contribution in [0.2, 0.25) is 0 Å². The molecule has 0 saturated carbocycles. The van der Waals surface area contributed by atoms with E-state index in [-0.39, 0.29) is 55.3 Å². The summed E-state index contributed by atoms with van der Waals surface area (Å²) < 4.78 is 30.1. The molecule has 0 aliphatic rings. The number of phenols is 2. The summed E-state index contributed by atoms with van der Waals surface area (Å²) in [6.45, 7) is 31.1. The first-order valence-corrected chi connectivity index (χ1v) is 30.9. The third kappa shape index (κ3) is 19.4. The van der Waals surface area contributed by atoms with Crippen molar-refractivity contribution in [3.05, 3.63) is 153 Å². The van der Waals surface area contributed by atoms with Crippen LogP contribution in [0.25, 0.3) is 68.3 Å². The Morgan fingerprint density at radius 3 is 1.40 bits per heavy atom. The highest BCUT2D eigenvalue weighted by atomic mass is 16.7. The Morgan fingerprint density at radius 1 is 0.449 bits per heavy atom. The number of ketones is 2. The number of aryl methyl sites for hydroxylation is 8. The molecule has 0 bridgehead atoms. The Balaban J connectivity index is 0.000000618. The number of ether oxygens (including phenoxy) is 5. The molecule has 2 heterocycles. The average Bonchev–Trinajstić information content (AvgIpc) is 2.95. The molecule has 0 aliphatic heterocycles. The lowest BCUT2D eigenvalue weighted by molar-refractivity contribution is -0.133. The molecule has 0 aliphatic carbocycles. The molecule has 0 amide bonds. The lowest BCUT2D eigenvalue weighted by Gasteiger charge is -2.21. The summed E-state index contributed by atoms with van der Waals surface area (Å²) in [4.78, 5) is 50.8. The van der Waals surface area contributed by atoms with Crippen LogP contribution in [0.3, 0.4) is 0 Å². The van der Waals surface area contributed by atoms with Crippen LogP contribution >= 0.6 is 0 Å². The normalized spacial score (nSPS) is 11.9. The second-order valence-electron chi connectivity index (χ2n) is 23.2. The Morgan fingerprint density at radius 2 is 0.910 bits per heavy atom. The van der Waals surface area contributed by atoms with Gasteiger partial charge >= 0.3 is 0 Å². The fraction of sp³-hybridized carbons (Fsp3) is 0.397. The van der Waals surface area contributed by atoms with Gasteiger partial charge in [-0.25, -0.2) is 29.9 Å². The van der Waals surface area contributed by atoms with Gasteiger partial charge in [-0.15, -0.1) is 0 Å². The molecule has 0 fully saturated rings. The molecule has 3 N–H and O–H groups in total. The molecular formula is C73H89N7O9. The molecule has 2 unspecified atom stereocenters. The topological polar surface area (TPSA) is 210 Å². The summed E-state index contributed by atoms with van der Waals surface area (Å²) in [5.41, 5.74) is 15.4. The number of Topliss-reactive ketones (excluding diaryl/α,β-unsaturated/α-hetero) is 2. The summed E-state index contributed by atoms with van der Waals surface area (Å²) in [7, 11) is 0. The van der Waals surface area contributed by atoms with Crippen molar-refractivity contribution in [3.63, 3.8) is 0 Å². The number of nitrogens with zero attached hydrogens (tertiary/aromatic N) is 6. The largest absolute Gasteiger partial charge is 0.507 e. The van der Waals surface area contributed by atoms with E-state index in [0.29, 0.717) is 96.5 Å². The van der Waals surface area contributed by atoms with Gasteiger partial charge in [0.05, 0.1) is 29.9 Å². The molecule has 470 valence electrons. The van der Waals surface area contributed by atoms with Crippen LogP contribution in [-0.2, 0) is 23.8 Å². The number of aromatic hydroxyl groups is 2. The third-order valence-corrected chi connectivity index (χ3v) is 15.7. The van der Waals surface area contributed by atoms with Crippen LogP contribution in [0.5, 0.6) is 23.0 Å². The van der Waals surface area contributed by atoms with Crippen LogP contribution in [0, 0.1) is 69.2 Å². The minimum absolute atomic E-state index is 0.0126. The number of nitrogens with one attached hydrogen (secondary N) is 1. The van der Waals surface area contributed by atoms with Gasteiger partial charge < -0.3 is 44.0 Å². The first-order chi connectivity index (χ1) is 42.6. The van der Waals surface area contributed by atoms with Crippen LogP contribution in [0.15, 0.2) is 97.1 Å². The van der Waals surface area contributed by atoms with Gasteiger partial charge in [0, 0.05) is 66.9 Å². The van der Waals surface area contributed by atoms with Gasteiger partial charge in [-0.3, -0.25) is 4.79 Å². The van der Waals surface area contributed by atoms with Gasteiger partial charge in [0.2, 0.25) is 0 Å². The number of carbonyl (C=O) groups is 2. The van der Waals surface area contributed by atoms with E-state index in [2.05, 4.69) is 71.1 Å². The molecule has 0 saturated heterocycles. The molecule has 2 atom stereocenters. The van der Waals surface area contributed by atoms with Gasteiger partial charge in [-0.05, 0) is 166 Å². The summed E-state index contributed by atoms with van der Waals surface area (Å²) in [6.07, 6.45) is 3.83. The molecular weight excluding hydrogens is 1120 g/mol. The number of aromatic nitrogens is 6. The van der Waals surface area contributed by atoms with Crippen molar-refractivity contribution in [1.29, 1.82) is 0 Å². The van der Waals surface area contributed by atoms with Crippen LogP contribution in [0.4, 0.5) is 0 Å². The number of hydrogen-bond acceptors (Lipinski definition) is 16. The molecule has 16 nitrogen and oxygen atoms in total. The van der Waals surface area contributed by atoms with E-state index in [4.69, 9.17) is 53.6 Å². The summed E-state index contributed by atoms with van der Waals surface area (Å²) in [5, 5.41) is 26.1. The summed E-state index contributed by atoms with van der Waals surface area (Å²) >= 11 is 0. The maximum absolute atomic E-state index is 11.5. The van der Waals surface area contributed by atoms with Gasteiger partial charge in [-0.1, -0.05) is 97.3 Å². The molecule has 2 aromatic heterocycles. The number of benzene rings is 6. The number of carbonyl (C=O) groups excluding carboxylic acids is 2. The average molecular weight is 1210 g/mol. The number of unbranched alkanes of at least 4 members (excludes halogenated alkanes) is 1. The van der Waals surface area contributed by atoms with Gasteiger partial charge in [0.25, 0.3) is 0 Å². The molecule has 16 heteroatoms. The fourth-order valence-electron chi connectivity index (χ4n) is 10.1. The summed E-state index contributed by atoms with van der Waals surface area (Å²) in [5.74, 6) is 4.26. The van der Waals surface area contributed by atoms with E-state index >= 15 is 0 Å². The highest BCUT2D eigenvalue weighted by Gasteiger charge is 2.22. The van der Waals surface area contributed by atoms with E-state index in [1.165, 1.54) is 11.1 Å². The second-order valence-corrected chi connectivity index (χ2v) is 23.2. The van der Waals surface area contributed by atoms with Crippen molar-refractivity contribution in [1.82, 2.24) is 35.2 Å². The molecule has 0 spiro atoms. The third-order valence-electron chi connectivity index (χ3n) is 15.7. The first-order valence-electron chi connectivity index (χ1n) is 30.9. The van der Waals surface area contributed by atoms with E-state index in [1.54, 1.807) is 38.1 Å². The molecule has 89 heavy (non-hydrogen) atoms.